The summed E-state index contributed by atoms with van der Waals surface area (Å²) in [6.07, 6.45) is 0. The molecule has 22 heavy (non-hydrogen) atoms. The van der Waals surface area contributed by atoms with Gasteiger partial charge in [-0.15, -0.1) is 0 Å². The van der Waals surface area contributed by atoms with Crippen molar-refractivity contribution in [1.82, 2.24) is 0 Å². The number of hydrogen-bond donors (Lipinski definition) is 0. The van der Waals surface area contributed by atoms with Gasteiger partial charge in [0.15, 0.2) is 5.69 Å². The van der Waals surface area contributed by atoms with Gasteiger partial charge in [-0.25, -0.2) is 9.64 Å². The molecular formula is C16H12N4O2. The van der Waals surface area contributed by atoms with Gasteiger partial charge in [0, 0.05) is 4.91 Å². The predicted octanol–water partition coefficient (Wildman–Crippen LogP) is 4.50. The maximum Gasteiger partial charge on any atom is 0.337 e. The summed E-state index contributed by atoms with van der Waals surface area (Å²) in [5, 5.41) is 3.52. The maximum absolute atomic E-state index is 11.8. The van der Waals surface area contributed by atoms with Crippen molar-refractivity contribution < 1.29 is 9.53 Å². The minimum atomic E-state index is -0.467. The largest absolute Gasteiger partial charge is 0.465 e. The number of nitrogens with zero attached hydrogens (tertiary/aromatic N) is 4. The minimum absolute atomic E-state index is 0.136. The molecule has 6 nitrogen and oxygen atoms in total. The molecule has 108 valence electrons. The second-order valence-corrected chi connectivity index (χ2v) is 4.46. The van der Waals surface area contributed by atoms with Crippen molar-refractivity contribution in [2.45, 2.75) is 6.54 Å². The average Bonchev–Trinajstić information content (AvgIpc) is 2.58. The molecule has 0 bridgehead atoms. The lowest BCUT2D eigenvalue weighted by Crippen LogP contribution is -2.02. The van der Waals surface area contributed by atoms with Crippen LogP contribution >= 0.6 is 0 Å². The second kappa shape index (κ2) is 6.93. The molecular weight excluding hydrogens is 280 g/mol. The van der Waals surface area contributed by atoms with Crippen molar-refractivity contribution in [3.63, 3.8) is 0 Å². The van der Waals surface area contributed by atoms with Crippen molar-refractivity contribution in [1.29, 1.82) is 0 Å². The third-order valence-corrected chi connectivity index (χ3v) is 3.04. The van der Waals surface area contributed by atoms with E-state index in [0.717, 1.165) is 11.1 Å². The summed E-state index contributed by atoms with van der Waals surface area (Å²) in [5.41, 5.74) is 11.6. The van der Waals surface area contributed by atoms with E-state index in [1.54, 1.807) is 30.3 Å². The molecule has 0 heterocycles. The number of hydrogen-bond acceptors (Lipinski definition) is 3. The van der Waals surface area contributed by atoms with E-state index in [1.165, 1.54) is 7.11 Å². The first kappa shape index (κ1) is 15.1. The predicted molar refractivity (Wildman–Crippen MR) is 82.3 cm³/mol. The molecule has 0 saturated heterocycles. The molecule has 0 aliphatic rings. The van der Waals surface area contributed by atoms with Gasteiger partial charge >= 0.3 is 5.97 Å². The molecule has 2 rings (SSSR count). The number of carbonyl (C=O) groups is 1. The third-order valence-electron chi connectivity index (χ3n) is 3.04. The van der Waals surface area contributed by atoms with E-state index in [0.29, 0.717) is 16.8 Å². The Kier molecular flexibility index (Phi) is 4.76. The molecule has 2 aromatic carbocycles. The molecule has 0 aliphatic heterocycles. The standard InChI is InChI=1S/C16H12N4O2/c1-18-15-5-3-4-12(9-15)13-6-11(10-19-20-17)7-14(8-13)16(21)22-2/h3-9H,10H2,2H3. The molecule has 0 radical (unpaired) electrons. The Morgan fingerprint density at radius 2 is 2.09 bits per heavy atom. The summed E-state index contributed by atoms with van der Waals surface area (Å²) >= 11 is 0. The fraction of sp³-hybridized carbons (Fsp3) is 0.125. The monoisotopic (exact) mass is 292 g/mol. The first-order valence-electron chi connectivity index (χ1n) is 6.39. The van der Waals surface area contributed by atoms with E-state index < -0.39 is 5.97 Å². The van der Waals surface area contributed by atoms with E-state index >= 15 is 0 Å². The molecule has 0 N–H and O–H groups in total. The molecule has 0 aromatic heterocycles. The van der Waals surface area contributed by atoms with Gasteiger partial charge in [0.25, 0.3) is 0 Å². The maximum atomic E-state index is 11.8. The third kappa shape index (κ3) is 3.42. The Hall–Kier alpha value is -3.29. The fourth-order valence-electron chi connectivity index (χ4n) is 2.05. The summed E-state index contributed by atoms with van der Waals surface area (Å²) in [6, 6.07) is 12.2. The normalized spacial score (nSPS) is 9.45. The quantitative estimate of drug-likeness (QED) is 0.273. The van der Waals surface area contributed by atoms with Crippen LogP contribution in [-0.2, 0) is 11.3 Å². The van der Waals surface area contributed by atoms with Gasteiger partial charge in [0.2, 0.25) is 0 Å². The van der Waals surface area contributed by atoms with Gasteiger partial charge in [-0.05, 0) is 40.4 Å². The molecule has 0 saturated carbocycles. The number of benzene rings is 2. The SMILES string of the molecule is [C-]#[N+]c1cccc(-c2cc(CN=[N+]=[N-])cc(C(=O)OC)c2)c1. The van der Waals surface area contributed by atoms with Crippen LogP contribution in [-0.4, -0.2) is 13.1 Å². The summed E-state index contributed by atoms with van der Waals surface area (Å²) in [5.74, 6) is -0.467. The highest BCUT2D eigenvalue weighted by atomic mass is 16.5. The van der Waals surface area contributed by atoms with E-state index in [-0.39, 0.29) is 6.54 Å². The lowest BCUT2D eigenvalue weighted by Gasteiger charge is -2.08. The van der Waals surface area contributed by atoms with Gasteiger partial charge < -0.3 is 4.74 Å². The first-order valence-corrected chi connectivity index (χ1v) is 6.39. The van der Waals surface area contributed by atoms with Crippen LogP contribution in [0.3, 0.4) is 0 Å². The fourth-order valence-corrected chi connectivity index (χ4v) is 2.05. The molecule has 0 aliphatic carbocycles. The van der Waals surface area contributed by atoms with Crippen LogP contribution in [0.2, 0.25) is 0 Å². The average molecular weight is 292 g/mol. The summed E-state index contributed by atoms with van der Waals surface area (Å²) in [6.45, 7) is 7.21. The van der Waals surface area contributed by atoms with E-state index in [4.69, 9.17) is 16.8 Å². The van der Waals surface area contributed by atoms with Gasteiger partial charge in [-0.2, -0.15) is 0 Å². The van der Waals surface area contributed by atoms with Crippen molar-refractivity contribution in [2.75, 3.05) is 7.11 Å². The number of ether oxygens (including phenoxy) is 1. The van der Waals surface area contributed by atoms with Crippen molar-refractivity contribution in [3.8, 4) is 11.1 Å². The molecule has 2 aromatic rings. The van der Waals surface area contributed by atoms with Crippen LogP contribution in [0, 0.1) is 6.57 Å². The molecule has 0 amide bonds. The smallest absolute Gasteiger partial charge is 0.337 e. The van der Waals surface area contributed by atoms with E-state index in [2.05, 4.69) is 14.9 Å². The zero-order valence-electron chi connectivity index (χ0n) is 11.9. The van der Waals surface area contributed by atoms with Crippen LogP contribution in [0.5, 0.6) is 0 Å². The summed E-state index contributed by atoms with van der Waals surface area (Å²) in [4.78, 5) is 17.9. The first-order chi connectivity index (χ1) is 10.7. The van der Waals surface area contributed by atoms with Crippen molar-refractivity contribution in [3.05, 3.63) is 75.5 Å². The van der Waals surface area contributed by atoms with Crippen LogP contribution in [0.4, 0.5) is 5.69 Å². The molecule has 0 atom stereocenters. The Bertz CT molecular complexity index is 802. The topological polar surface area (TPSA) is 79.4 Å². The zero-order chi connectivity index (χ0) is 15.9. The molecule has 0 unspecified atom stereocenters. The number of azide groups is 1. The number of rotatable bonds is 4. The Morgan fingerprint density at radius 1 is 1.27 bits per heavy atom. The summed E-state index contributed by atoms with van der Waals surface area (Å²) < 4.78 is 4.74. The highest BCUT2D eigenvalue weighted by Crippen LogP contribution is 2.27. The van der Waals surface area contributed by atoms with Crippen LogP contribution in [0.1, 0.15) is 15.9 Å². The van der Waals surface area contributed by atoms with Crippen molar-refractivity contribution >= 4 is 11.7 Å². The van der Waals surface area contributed by atoms with Crippen LogP contribution < -0.4 is 0 Å². The van der Waals surface area contributed by atoms with Crippen LogP contribution in [0.25, 0.3) is 26.4 Å². The lowest BCUT2D eigenvalue weighted by atomic mass is 9.99. The van der Waals surface area contributed by atoms with E-state index in [9.17, 15) is 4.79 Å². The highest BCUT2D eigenvalue weighted by Gasteiger charge is 2.10. The number of carbonyl (C=O) groups excluding carboxylic acids is 1. The van der Waals surface area contributed by atoms with Crippen LogP contribution in [0.15, 0.2) is 47.6 Å². The van der Waals surface area contributed by atoms with Gasteiger partial charge in [0.05, 0.1) is 25.8 Å². The Labute approximate surface area is 127 Å². The highest BCUT2D eigenvalue weighted by molar-refractivity contribution is 5.91. The van der Waals surface area contributed by atoms with E-state index in [1.807, 2.05) is 12.1 Å². The zero-order valence-corrected chi connectivity index (χ0v) is 11.9. The van der Waals surface area contributed by atoms with Gasteiger partial charge in [-0.1, -0.05) is 29.4 Å². The molecule has 0 fully saturated rings. The lowest BCUT2D eigenvalue weighted by molar-refractivity contribution is 0.0600. The second-order valence-electron chi connectivity index (χ2n) is 4.46. The summed E-state index contributed by atoms with van der Waals surface area (Å²) in [7, 11) is 1.31. The van der Waals surface area contributed by atoms with Gasteiger partial charge in [0.1, 0.15) is 0 Å². The number of methoxy groups -OCH3 is 1. The number of esters is 1. The molecule has 0 spiro atoms. The Morgan fingerprint density at radius 3 is 2.77 bits per heavy atom. The van der Waals surface area contributed by atoms with Crippen molar-refractivity contribution in [2.24, 2.45) is 5.11 Å². The minimum Gasteiger partial charge on any atom is -0.465 e. The molecule has 6 heteroatoms. The Balaban J connectivity index is 2.55. The van der Waals surface area contributed by atoms with Gasteiger partial charge in [-0.3, -0.25) is 0 Å².